The Morgan fingerprint density at radius 1 is 1.20 bits per heavy atom. The van der Waals surface area contributed by atoms with Gasteiger partial charge in [-0.3, -0.25) is 4.79 Å². The van der Waals surface area contributed by atoms with Crippen LogP contribution in [0, 0.1) is 0 Å². The fourth-order valence-corrected chi connectivity index (χ4v) is 4.21. The van der Waals surface area contributed by atoms with Crippen molar-refractivity contribution in [3.63, 3.8) is 0 Å². The van der Waals surface area contributed by atoms with Crippen LogP contribution in [0.3, 0.4) is 0 Å². The molecule has 4 rings (SSSR count). The molecule has 1 aliphatic rings. The van der Waals surface area contributed by atoms with Crippen LogP contribution in [0.25, 0.3) is 21.0 Å². The number of fused-ring (bicyclic) bond motifs is 1. The van der Waals surface area contributed by atoms with Gasteiger partial charge in [-0.25, -0.2) is 4.98 Å². The number of piperidine rings is 1. The van der Waals surface area contributed by atoms with Gasteiger partial charge in [0.15, 0.2) is 16.5 Å². The van der Waals surface area contributed by atoms with Crippen LogP contribution < -0.4 is 0 Å². The Labute approximate surface area is 150 Å². The first-order valence-electron chi connectivity index (χ1n) is 8.53. The number of likely N-dealkylation sites (tertiary alicyclic amines) is 1. The number of carbonyl (C=O) groups is 1. The number of hydrogen-bond donors (Lipinski definition) is 0. The van der Waals surface area contributed by atoms with Gasteiger partial charge in [-0.05, 0) is 51.2 Å². The molecule has 1 aliphatic heterocycles. The van der Waals surface area contributed by atoms with E-state index in [1.54, 1.807) is 17.4 Å². The van der Waals surface area contributed by atoms with E-state index in [0.29, 0.717) is 17.6 Å². The van der Waals surface area contributed by atoms with Gasteiger partial charge in [0.2, 0.25) is 0 Å². The zero-order chi connectivity index (χ0) is 17.4. The van der Waals surface area contributed by atoms with E-state index in [-0.39, 0.29) is 5.91 Å². The molecule has 0 spiro atoms. The lowest BCUT2D eigenvalue weighted by Crippen LogP contribution is -2.44. The molecule has 0 saturated carbocycles. The van der Waals surface area contributed by atoms with E-state index in [1.807, 2.05) is 35.2 Å². The van der Waals surface area contributed by atoms with E-state index in [1.165, 1.54) is 0 Å². The van der Waals surface area contributed by atoms with Gasteiger partial charge in [-0.2, -0.15) is 0 Å². The summed E-state index contributed by atoms with van der Waals surface area (Å²) in [5.41, 5.74) is 0.956. The number of benzene rings is 1. The molecule has 1 saturated heterocycles. The zero-order valence-electron chi connectivity index (χ0n) is 14.4. The quantitative estimate of drug-likeness (QED) is 0.718. The molecule has 0 radical (unpaired) electrons. The zero-order valence-corrected chi connectivity index (χ0v) is 15.3. The number of carbonyl (C=O) groups excluding carboxylic acids is 1. The third-order valence-electron chi connectivity index (χ3n) is 4.80. The topological polar surface area (TPSA) is 49.6 Å². The van der Waals surface area contributed by atoms with Gasteiger partial charge in [0.1, 0.15) is 0 Å². The number of thiazole rings is 1. The lowest BCUT2D eigenvalue weighted by molar-refractivity contribution is 0.0633. The van der Waals surface area contributed by atoms with Crippen molar-refractivity contribution in [2.45, 2.75) is 18.9 Å². The first-order chi connectivity index (χ1) is 12.1. The predicted molar refractivity (Wildman–Crippen MR) is 99.9 cm³/mol. The van der Waals surface area contributed by atoms with Crippen LogP contribution >= 0.6 is 11.3 Å². The van der Waals surface area contributed by atoms with Gasteiger partial charge in [0, 0.05) is 19.1 Å². The van der Waals surface area contributed by atoms with E-state index in [0.717, 1.165) is 41.2 Å². The third kappa shape index (κ3) is 3.19. The van der Waals surface area contributed by atoms with E-state index in [4.69, 9.17) is 4.42 Å². The Kier molecular flexibility index (Phi) is 4.31. The molecule has 1 fully saturated rings. The van der Waals surface area contributed by atoms with Crippen molar-refractivity contribution < 1.29 is 9.21 Å². The molecule has 1 aromatic carbocycles. The van der Waals surface area contributed by atoms with Crippen molar-refractivity contribution in [2.75, 3.05) is 27.2 Å². The molecule has 3 aromatic rings. The summed E-state index contributed by atoms with van der Waals surface area (Å²) in [4.78, 5) is 21.4. The highest BCUT2D eigenvalue weighted by molar-refractivity contribution is 7.21. The highest BCUT2D eigenvalue weighted by Crippen LogP contribution is 2.31. The monoisotopic (exact) mass is 355 g/mol. The van der Waals surface area contributed by atoms with E-state index in [9.17, 15) is 4.79 Å². The summed E-state index contributed by atoms with van der Waals surface area (Å²) in [6.45, 7) is 1.55. The Hall–Kier alpha value is -2.18. The average molecular weight is 355 g/mol. The SMILES string of the molecule is CN(C)C1CCN(C(=O)c2ccc(-c3nc4ccccc4s3)o2)CC1. The van der Waals surface area contributed by atoms with Crippen molar-refractivity contribution in [2.24, 2.45) is 0 Å². The Balaban J connectivity index is 1.50. The second-order valence-corrected chi connectivity index (χ2v) is 7.67. The highest BCUT2D eigenvalue weighted by Gasteiger charge is 2.26. The van der Waals surface area contributed by atoms with Crippen LogP contribution in [-0.4, -0.2) is 53.9 Å². The normalized spacial score (nSPS) is 16.0. The van der Waals surface area contributed by atoms with Gasteiger partial charge >= 0.3 is 0 Å². The summed E-state index contributed by atoms with van der Waals surface area (Å²) in [6.07, 6.45) is 2.01. The van der Waals surface area contributed by atoms with Crippen LogP contribution in [0.15, 0.2) is 40.8 Å². The van der Waals surface area contributed by atoms with Crippen LogP contribution in [-0.2, 0) is 0 Å². The molecule has 0 bridgehead atoms. The van der Waals surface area contributed by atoms with Crippen LogP contribution in [0.1, 0.15) is 23.4 Å². The van der Waals surface area contributed by atoms with Crippen molar-refractivity contribution in [3.8, 4) is 10.8 Å². The number of rotatable bonds is 3. The summed E-state index contributed by atoms with van der Waals surface area (Å²) in [5.74, 6) is 1.04. The molecule has 0 aliphatic carbocycles. The Bertz CT molecular complexity index is 858. The minimum Gasteiger partial charge on any atom is -0.448 e. The summed E-state index contributed by atoms with van der Waals surface area (Å²) in [5, 5.41) is 0.812. The number of aromatic nitrogens is 1. The molecule has 2 aromatic heterocycles. The van der Waals surface area contributed by atoms with Gasteiger partial charge in [-0.15, -0.1) is 11.3 Å². The number of hydrogen-bond acceptors (Lipinski definition) is 5. The fourth-order valence-electron chi connectivity index (χ4n) is 3.29. The molecular weight excluding hydrogens is 334 g/mol. The second-order valence-electron chi connectivity index (χ2n) is 6.64. The van der Waals surface area contributed by atoms with Gasteiger partial charge in [0.05, 0.1) is 10.2 Å². The molecule has 1 amide bonds. The average Bonchev–Trinajstić information content (AvgIpc) is 3.27. The second kappa shape index (κ2) is 6.61. The van der Waals surface area contributed by atoms with Crippen molar-refractivity contribution in [1.29, 1.82) is 0 Å². The van der Waals surface area contributed by atoms with Crippen molar-refractivity contribution in [1.82, 2.24) is 14.8 Å². The van der Waals surface area contributed by atoms with Gasteiger partial charge in [-0.1, -0.05) is 12.1 Å². The molecule has 0 N–H and O–H groups in total. The lowest BCUT2D eigenvalue weighted by Gasteiger charge is -2.34. The maximum absolute atomic E-state index is 12.7. The summed E-state index contributed by atoms with van der Waals surface area (Å²) in [6, 6.07) is 12.2. The summed E-state index contributed by atoms with van der Waals surface area (Å²) < 4.78 is 6.95. The van der Waals surface area contributed by atoms with Crippen LogP contribution in [0.4, 0.5) is 0 Å². The first kappa shape index (κ1) is 16.3. The summed E-state index contributed by atoms with van der Waals surface area (Å²) >= 11 is 1.58. The lowest BCUT2D eigenvalue weighted by atomic mass is 10.0. The molecule has 5 nitrogen and oxygen atoms in total. The van der Waals surface area contributed by atoms with Gasteiger partial charge in [0.25, 0.3) is 5.91 Å². The van der Waals surface area contributed by atoms with E-state index < -0.39 is 0 Å². The molecule has 3 heterocycles. The third-order valence-corrected chi connectivity index (χ3v) is 5.85. The van der Waals surface area contributed by atoms with E-state index in [2.05, 4.69) is 24.0 Å². The number of amides is 1. The number of furan rings is 1. The minimum atomic E-state index is -0.0235. The molecule has 6 heteroatoms. The Morgan fingerprint density at radius 2 is 1.96 bits per heavy atom. The largest absolute Gasteiger partial charge is 0.448 e. The van der Waals surface area contributed by atoms with Crippen molar-refractivity contribution in [3.05, 3.63) is 42.2 Å². The first-order valence-corrected chi connectivity index (χ1v) is 9.35. The molecule has 130 valence electrons. The van der Waals surface area contributed by atoms with Crippen LogP contribution in [0.5, 0.6) is 0 Å². The fraction of sp³-hybridized carbons (Fsp3) is 0.368. The van der Waals surface area contributed by atoms with Gasteiger partial charge < -0.3 is 14.2 Å². The molecule has 0 unspecified atom stereocenters. The minimum absolute atomic E-state index is 0.0235. The Morgan fingerprint density at radius 3 is 2.68 bits per heavy atom. The number of nitrogens with zero attached hydrogens (tertiary/aromatic N) is 3. The smallest absolute Gasteiger partial charge is 0.289 e. The molecule has 0 atom stereocenters. The summed E-state index contributed by atoms with van der Waals surface area (Å²) in [7, 11) is 4.19. The highest BCUT2D eigenvalue weighted by atomic mass is 32.1. The maximum atomic E-state index is 12.7. The van der Waals surface area contributed by atoms with E-state index >= 15 is 0 Å². The van der Waals surface area contributed by atoms with Crippen LogP contribution in [0.2, 0.25) is 0 Å². The predicted octanol–water partition coefficient (Wildman–Crippen LogP) is 3.72. The van der Waals surface area contributed by atoms with Crippen molar-refractivity contribution >= 4 is 27.5 Å². The molecular formula is C19H21N3O2S. The maximum Gasteiger partial charge on any atom is 0.289 e. The standard InChI is InChI=1S/C19H21N3O2S/c1-21(2)13-9-11-22(12-10-13)19(23)16-8-7-15(24-16)18-20-14-5-3-4-6-17(14)25-18/h3-8,13H,9-12H2,1-2H3. The number of para-hydroxylation sites is 1. The molecule has 25 heavy (non-hydrogen) atoms.